The minimum atomic E-state index is -0.0717. The molecule has 104 valence electrons. The number of rotatable bonds is 3. The molecule has 0 saturated carbocycles. The molecule has 0 atom stereocenters. The Balaban J connectivity index is 1.68. The second-order valence-corrected chi connectivity index (χ2v) is 5.39. The molecule has 4 aromatic rings. The highest BCUT2D eigenvalue weighted by Crippen LogP contribution is 2.21. The van der Waals surface area contributed by atoms with Crippen LogP contribution >= 0.6 is 11.3 Å². The van der Waals surface area contributed by atoms with Gasteiger partial charge in [-0.25, -0.2) is 4.98 Å². The monoisotopic (exact) mass is 299 g/mol. The van der Waals surface area contributed by atoms with Crippen molar-refractivity contribution in [1.82, 2.24) is 14.7 Å². The summed E-state index contributed by atoms with van der Waals surface area (Å²) in [7, 11) is 0. The van der Waals surface area contributed by atoms with Crippen LogP contribution in [-0.2, 0) is 6.54 Å². The van der Waals surface area contributed by atoms with Crippen LogP contribution in [0.15, 0.2) is 56.0 Å². The Morgan fingerprint density at radius 1 is 1.29 bits per heavy atom. The fraction of sp³-hybridized carbons (Fsp3) is 0.0714. The summed E-state index contributed by atoms with van der Waals surface area (Å²) in [6, 6.07) is 7.15. The van der Waals surface area contributed by atoms with Gasteiger partial charge in [0.1, 0.15) is 10.4 Å². The molecule has 0 bridgehead atoms. The van der Waals surface area contributed by atoms with Crippen molar-refractivity contribution in [1.29, 1.82) is 0 Å². The van der Waals surface area contributed by atoms with Crippen LogP contribution in [0.4, 0.5) is 0 Å². The molecule has 0 amide bonds. The second-order valence-electron chi connectivity index (χ2n) is 4.47. The Bertz CT molecular complexity index is 949. The van der Waals surface area contributed by atoms with Crippen LogP contribution in [0.5, 0.6) is 0 Å². The summed E-state index contributed by atoms with van der Waals surface area (Å²) in [5, 5.41) is 5.81. The van der Waals surface area contributed by atoms with Crippen LogP contribution in [0.1, 0.15) is 5.69 Å². The van der Waals surface area contributed by atoms with Crippen molar-refractivity contribution < 1.29 is 8.94 Å². The van der Waals surface area contributed by atoms with Crippen LogP contribution in [0, 0.1) is 0 Å². The molecule has 0 spiro atoms. The number of aromatic nitrogens is 3. The molecule has 0 aliphatic carbocycles. The molecule has 0 fully saturated rings. The Labute approximate surface area is 122 Å². The third-order valence-corrected chi connectivity index (χ3v) is 3.98. The first-order valence-electron chi connectivity index (χ1n) is 6.23. The molecule has 0 aromatic carbocycles. The van der Waals surface area contributed by atoms with E-state index >= 15 is 0 Å². The Morgan fingerprint density at radius 3 is 3.10 bits per heavy atom. The minimum absolute atomic E-state index is 0.0717. The van der Waals surface area contributed by atoms with E-state index in [1.807, 2.05) is 11.4 Å². The standard InChI is InChI=1S/C14H9N3O3S/c18-14-13-10(3-5-21-13)15-8-17(14)7-9-6-12(20-16-9)11-2-1-4-19-11/h1-6,8H,7H2. The highest BCUT2D eigenvalue weighted by atomic mass is 32.1. The molecule has 0 unspecified atom stereocenters. The molecule has 7 heteroatoms. The van der Waals surface area contributed by atoms with Gasteiger partial charge in [0.15, 0.2) is 5.76 Å². The molecule has 4 heterocycles. The SMILES string of the molecule is O=c1c2sccc2ncn1Cc1cc(-c2ccco2)on1. The average molecular weight is 299 g/mol. The van der Waals surface area contributed by atoms with Gasteiger partial charge in [0.2, 0.25) is 5.76 Å². The highest BCUT2D eigenvalue weighted by molar-refractivity contribution is 7.17. The van der Waals surface area contributed by atoms with Crippen LogP contribution in [0.3, 0.4) is 0 Å². The Kier molecular flexibility index (Phi) is 2.71. The van der Waals surface area contributed by atoms with Crippen molar-refractivity contribution in [3.8, 4) is 11.5 Å². The summed E-state index contributed by atoms with van der Waals surface area (Å²) in [4.78, 5) is 16.5. The molecular formula is C14H9N3O3S. The normalized spacial score (nSPS) is 11.2. The van der Waals surface area contributed by atoms with Gasteiger partial charge in [0.25, 0.3) is 5.56 Å². The quantitative estimate of drug-likeness (QED) is 0.581. The third-order valence-electron chi connectivity index (χ3n) is 3.09. The topological polar surface area (TPSA) is 74.1 Å². The number of hydrogen-bond acceptors (Lipinski definition) is 6. The zero-order chi connectivity index (χ0) is 14.2. The lowest BCUT2D eigenvalue weighted by Crippen LogP contribution is -2.20. The van der Waals surface area contributed by atoms with Crippen molar-refractivity contribution in [2.45, 2.75) is 6.54 Å². The van der Waals surface area contributed by atoms with Gasteiger partial charge in [-0.2, -0.15) is 0 Å². The van der Waals surface area contributed by atoms with Gasteiger partial charge in [0, 0.05) is 6.07 Å². The zero-order valence-electron chi connectivity index (χ0n) is 10.7. The molecule has 4 aromatic heterocycles. The molecule has 0 aliphatic rings. The number of furan rings is 1. The third kappa shape index (κ3) is 2.07. The van der Waals surface area contributed by atoms with Crippen LogP contribution in [0.2, 0.25) is 0 Å². The van der Waals surface area contributed by atoms with Crippen molar-refractivity contribution in [3.63, 3.8) is 0 Å². The summed E-state index contributed by atoms with van der Waals surface area (Å²) < 4.78 is 12.6. The molecule has 0 aliphatic heterocycles. The van der Waals surface area contributed by atoms with E-state index in [2.05, 4.69) is 10.1 Å². The summed E-state index contributed by atoms with van der Waals surface area (Å²) in [5.74, 6) is 1.14. The van der Waals surface area contributed by atoms with Crippen LogP contribution in [0.25, 0.3) is 21.7 Å². The zero-order valence-corrected chi connectivity index (χ0v) is 11.5. The molecule has 6 nitrogen and oxygen atoms in total. The molecule has 0 saturated heterocycles. The van der Waals surface area contributed by atoms with E-state index in [0.717, 1.165) is 5.52 Å². The maximum Gasteiger partial charge on any atom is 0.271 e. The molecular weight excluding hydrogens is 290 g/mol. The lowest BCUT2D eigenvalue weighted by molar-refractivity contribution is 0.408. The summed E-state index contributed by atoms with van der Waals surface area (Å²) in [6.45, 7) is 0.309. The van der Waals surface area contributed by atoms with Gasteiger partial charge in [-0.3, -0.25) is 9.36 Å². The van der Waals surface area contributed by atoms with Crippen molar-refractivity contribution in [2.24, 2.45) is 0 Å². The van der Waals surface area contributed by atoms with Gasteiger partial charge in [-0.1, -0.05) is 5.16 Å². The Hall–Kier alpha value is -2.67. The van der Waals surface area contributed by atoms with E-state index in [1.54, 1.807) is 24.5 Å². The van der Waals surface area contributed by atoms with E-state index in [0.29, 0.717) is 28.5 Å². The van der Waals surface area contributed by atoms with Gasteiger partial charge in [-0.15, -0.1) is 11.3 Å². The highest BCUT2D eigenvalue weighted by Gasteiger charge is 2.11. The summed E-state index contributed by atoms with van der Waals surface area (Å²) >= 11 is 1.39. The van der Waals surface area contributed by atoms with E-state index < -0.39 is 0 Å². The fourth-order valence-electron chi connectivity index (χ4n) is 2.09. The van der Waals surface area contributed by atoms with E-state index in [9.17, 15) is 4.79 Å². The summed E-state index contributed by atoms with van der Waals surface area (Å²) in [5.41, 5.74) is 1.29. The van der Waals surface area contributed by atoms with Crippen molar-refractivity contribution >= 4 is 21.6 Å². The summed E-state index contributed by atoms with van der Waals surface area (Å²) in [6.07, 6.45) is 3.09. The molecule has 0 N–H and O–H groups in total. The molecule has 21 heavy (non-hydrogen) atoms. The largest absolute Gasteiger partial charge is 0.461 e. The second kappa shape index (κ2) is 4.71. The van der Waals surface area contributed by atoms with Gasteiger partial charge < -0.3 is 8.94 Å². The van der Waals surface area contributed by atoms with Crippen LogP contribution in [-0.4, -0.2) is 14.7 Å². The van der Waals surface area contributed by atoms with Crippen molar-refractivity contribution in [3.05, 3.63) is 58.3 Å². The van der Waals surface area contributed by atoms with E-state index in [1.165, 1.54) is 22.2 Å². The minimum Gasteiger partial charge on any atom is -0.461 e. The average Bonchev–Trinajstić information content (AvgIpc) is 3.21. The van der Waals surface area contributed by atoms with Gasteiger partial charge >= 0.3 is 0 Å². The van der Waals surface area contributed by atoms with E-state index in [-0.39, 0.29) is 5.56 Å². The Morgan fingerprint density at radius 2 is 2.24 bits per heavy atom. The predicted molar refractivity (Wildman–Crippen MR) is 77.2 cm³/mol. The maximum atomic E-state index is 12.3. The lowest BCUT2D eigenvalue weighted by Gasteiger charge is -2.01. The fourth-order valence-corrected chi connectivity index (χ4v) is 2.88. The molecule has 0 radical (unpaired) electrons. The van der Waals surface area contributed by atoms with E-state index in [4.69, 9.17) is 8.94 Å². The number of nitrogens with zero attached hydrogens (tertiary/aromatic N) is 3. The predicted octanol–water partition coefficient (Wildman–Crippen LogP) is 2.75. The molecule has 4 rings (SSSR count). The first-order valence-corrected chi connectivity index (χ1v) is 7.11. The van der Waals surface area contributed by atoms with Crippen LogP contribution < -0.4 is 5.56 Å². The first-order chi connectivity index (χ1) is 10.3. The van der Waals surface area contributed by atoms with Gasteiger partial charge in [-0.05, 0) is 23.6 Å². The smallest absolute Gasteiger partial charge is 0.271 e. The van der Waals surface area contributed by atoms with Gasteiger partial charge in [0.05, 0.1) is 24.7 Å². The number of hydrogen-bond donors (Lipinski definition) is 0. The maximum absolute atomic E-state index is 12.3. The first kappa shape index (κ1) is 12.1. The lowest BCUT2D eigenvalue weighted by atomic mass is 10.3. The number of fused-ring (bicyclic) bond motifs is 1. The number of thiophene rings is 1. The van der Waals surface area contributed by atoms with Crippen molar-refractivity contribution in [2.75, 3.05) is 0 Å².